The summed E-state index contributed by atoms with van der Waals surface area (Å²) in [5.74, 6) is 1.03. The van der Waals surface area contributed by atoms with Gasteiger partial charge in [-0.05, 0) is 21.0 Å². The van der Waals surface area contributed by atoms with E-state index in [9.17, 15) is 5.11 Å². The molecule has 0 spiro atoms. The van der Waals surface area contributed by atoms with Crippen molar-refractivity contribution in [2.45, 2.75) is 19.0 Å². The molecular formula is C11H22N4O. The van der Waals surface area contributed by atoms with Crippen LogP contribution in [-0.4, -0.2) is 52.3 Å². The molecule has 1 heterocycles. The van der Waals surface area contributed by atoms with Crippen molar-refractivity contribution in [3.05, 3.63) is 18.2 Å². The summed E-state index contributed by atoms with van der Waals surface area (Å²) in [5, 5.41) is 12.4. The topological polar surface area (TPSA) is 53.3 Å². The smallest absolute Gasteiger partial charge is 0.122 e. The molecule has 0 aliphatic carbocycles. The van der Waals surface area contributed by atoms with E-state index in [1.54, 1.807) is 6.20 Å². The number of rotatable bonds is 6. The van der Waals surface area contributed by atoms with E-state index in [2.05, 4.69) is 15.2 Å². The summed E-state index contributed by atoms with van der Waals surface area (Å²) in [6.07, 6.45) is 3.74. The van der Waals surface area contributed by atoms with Crippen molar-refractivity contribution in [2.24, 2.45) is 7.05 Å². The van der Waals surface area contributed by atoms with E-state index in [4.69, 9.17) is 0 Å². The Morgan fingerprint density at radius 2 is 2.31 bits per heavy atom. The van der Waals surface area contributed by atoms with Crippen molar-refractivity contribution in [1.82, 2.24) is 19.8 Å². The molecule has 0 aliphatic rings. The molecule has 0 radical (unpaired) electrons. The Labute approximate surface area is 97.1 Å². The number of aliphatic hydroxyl groups is 1. The van der Waals surface area contributed by atoms with Gasteiger partial charge in [0.25, 0.3) is 0 Å². The van der Waals surface area contributed by atoms with Crippen LogP contribution >= 0.6 is 0 Å². The van der Waals surface area contributed by atoms with E-state index in [-0.39, 0.29) is 12.1 Å². The summed E-state index contributed by atoms with van der Waals surface area (Å²) in [6, 6.07) is 0. The number of hydrogen-bond donors (Lipinski definition) is 2. The van der Waals surface area contributed by atoms with Gasteiger partial charge in [0.15, 0.2) is 0 Å². The van der Waals surface area contributed by atoms with Crippen LogP contribution in [0.3, 0.4) is 0 Å². The lowest BCUT2D eigenvalue weighted by Gasteiger charge is -2.31. The molecule has 0 amide bonds. The molecule has 0 aromatic carbocycles. The summed E-state index contributed by atoms with van der Waals surface area (Å²) in [4.78, 5) is 6.42. The van der Waals surface area contributed by atoms with Crippen molar-refractivity contribution in [3.8, 4) is 0 Å². The van der Waals surface area contributed by atoms with E-state index in [0.717, 1.165) is 18.9 Å². The minimum atomic E-state index is -0.264. The molecule has 5 heteroatoms. The maximum atomic E-state index is 9.30. The van der Waals surface area contributed by atoms with Gasteiger partial charge in [-0.15, -0.1) is 0 Å². The lowest BCUT2D eigenvalue weighted by atomic mass is 10.0. The predicted molar refractivity (Wildman–Crippen MR) is 64.1 cm³/mol. The van der Waals surface area contributed by atoms with E-state index in [1.807, 2.05) is 38.8 Å². The van der Waals surface area contributed by atoms with Crippen LogP contribution in [-0.2, 0) is 13.6 Å². The Balaban J connectivity index is 2.53. The van der Waals surface area contributed by atoms with Gasteiger partial charge >= 0.3 is 0 Å². The third-order valence-electron chi connectivity index (χ3n) is 2.90. The van der Waals surface area contributed by atoms with Gasteiger partial charge in [-0.25, -0.2) is 4.98 Å². The van der Waals surface area contributed by atoms with Crippen LogP contribution in [0.1, 0.15) is 12.7 Å². The molecule has 0 fully saturated rings. The van der Waals surface area contributed by atoms with Crippen LogP contribution in [0.5, 0.6) is 0 Å². The molecule has 16 heavy (non-hydrogen) atoms. The Hall–Kier alpha value is -0.910. The molecule has 1 aromatic rings. The van der Waals surface area contributed by atoms with Gasteiger partial charge in [0.1, 0.15) is 5.82 Å². The van der Waals surface area contributed by atoms with Crippen molar-refractivity contribution in [3.63, 3.8) is 0 Å². The fraction of sp³-hybridized carbons (Fsp3) is 0.727. The Bertz CT molecular complexity index is 320. The number of likely N-dealkylation sites (N-methyl/N-ethyl adjacent to an activating group) is 2. The Morgan fingerprint density at radius 3 is 2.75 bits per heavy atom. The van der Waals surface area contributed by atoms with E-state index < -0.39 is 0 Å². The lowest BCUT2D eigenvalue weighted by molar-refractivity contribution is 0.134. The number of aliphatic hydroxyl groups excluding tert-OH is 1. The zero-order chi connectivity index (χ0) is 12.2. The minimum absolute atomic E-state index is 0.119. The first-order chi connectivity index (χ1) is 7.50. The summed E-state index contributed by atoms with van der Waals surface area (Å²) in [6.45, 7) is 3.67. The van der Waals surface area contributed by atoms with Crippen molar-refractivity contribution in [1.29, 1.82) is 0 Å². The zero-order valence-electron chi connectivity index (χ0n) is 10.6. The highest BCUT2D eigenvalue weighted by Gasteiger charge is 2.23. The van der Waals surface area contributed by atoms with Gasteiger partial charge < -0.3 is 15.0 Å². The van der Waals surface area contributed by atoms with Crippen molar-refractivity contribution in [2.75, 3.05) is 27.2 Å². The molecule has 0 saturated carbocycles. The van der Waals surface area contributed by atoms with Gasteiger partial charge in [-0.1, -0.05) is 0 Å². The molecule has 1 aromatic heterocycles. The van der Waals surface area contributed by atoms with Gasteiger partial charge in [-0.2, -0.15) is 0 Å². The number of nitrogens with zero attached hydrogens (tertiary/aromatic N) is 3. The molecule has 1 atom stereocenters. The van der Waals surface area contributed by atoms with Gasteiger partial charge in [0.05, 0.1) is 18.7 Å². The average Bonchev–Trinajstić information content (AvgIpc) is 2.64. The van der Waals surface area contributed by atoms with Gasteiger partial charge in [0.2, 0.25) is 0 Å². The maximum Gasteiger partial charge on any atom is 0.122 e. The second-order valence-electron chi connectivity index (χ2n) is 4.60. The number of aromatic nitrogens is 2. The highest BCUT2D eigenvalue weighted by molar-refractivity contribution is 4.92. The second kappa shape index (κ2) is 5.43. The summed E-state index contributed by atoms with van der Waals surface area (Å²) in [5.41, 5.74) is -0.264. The van der Waals surface area contributed by atoms with E-state index in [0.29, 0.717) is 0 Å². The third-order valence-corrected chi connectivity index (χ3v) is 2.90. The van der Waals surface area contributed by atoms with Crippen molar-refractivity contribution < 1.29 is 5.11 Å². The molecule has 0 bridgehead atoms. The first-order valence-corrected chi connectivity index (χ1v) is 5.45. The average molecular weight is 226 g/mol. The molecule has 2 N–H and O–H groups in total. The normalized spacial score (nSPS) is 15.4. The third kappa shape index (κ3) is 3.30. The highest BCUT2D eigenvalue weighted by Crippen LogP contribution is 2.07. The molecule has 0 saturated heterocycles. The van der Waals surface area contributed by atoms with Crippen molar-refractivity contribution >= 4 is 0 Å². The SMILES string of the molecule is CNC(C)(CO)CN(C)Cc1nccn1C. The first kappa shape index (κ1) is 13.2. The highest BCUT2D eigenvalue weighted by atomic mass is 16.3. The van der Waals surface area contributed by atoms with Crippen LogP contribution < -0.4 is 5.32 Å². The number of hydrogen-bond acceptors (Lipinski definition) is 4. The molecular weight excluding hydrogens is 204 g/mol. The second-order valence-corrected chi connectivity index (χ2v) is 4.60. The molecule has 1 unspecified atom stereocenters. The zero-order valence-corrected chi connectivity index (χ0v) is 10.6. The van der Waals surface area contributed by atoms with Crippen LogP contribution in [0.4, 0.5) is 0 Å². The minimum Gasteiger partial charge on any atom is -0.394 e. The fourth-order valence-corrected chi connectivity index (χ4v) is 1.65. The largest absolute Gasteiger partial charge is 0.394 e. The summed E-state index contributed by atoms with van der Waals surface area (Å²) < 4.78 is 2.01. The fourth-order valence-electron chi connectivity index (χ4n) is 1.65. The number of aryl methyl sites for hydroxylation is 1. The van der Waals surface area contributed by atoms with Crippen LogP contribution in [0, 0.1) is 0 Å². The van der Waals surface area contributed by atoms with Gasteiger partial charge in [-0.3, -0.25) is 4.90 Å². The molecule has 1 rings (SSSR count). The number of nitrogens with one attached hydrogen (secondary N) is 1. The monoisotopic (exact) mass is 226 g/mol. The number of imidazole rings is 1. The van der Waals surface area contributed by atoms with E-state index in [1.165, 1.54) is 0 Å². The molecule has 92 valence electrons. The van der Waals surface area contributed by atoms with E-state index >= 15 is 0 Å². The standard InChI is InChI=1S/C11H22N4O/c1-11(9-16,12-2)8-14(3)7-10-13-5-6-15(10)4/h5-6,12,16H,7-9H2,1-4H3. The maximum absolute atomic E-state index is 9.30. The van der Waals surface area contributed by atoms with Crippen LogP contribution in [0.15, 0.2) is 12.4 Å². The quantitative estimate of drug-likeness (QED) is 0.707. The Morgan fingerprint density at radius 1 is 1.62 bits per heavy atom. The summed E-state index contributed by atoms with van der Waals surface area (Å²) in [7, 11) is 5.88. The molecule has 5 nitrogen and oxygen atoms in total. The van der Waals surface area contributed by atoms with Crippen LogP contribution in [0.25, 0.3) is 0 Å². The van der Waals surface area contributed by atoms with Crippen LogP contribution in [0.2, 0.25) is 0 Å². The molecule has 0 aliphatic heterocycles. The Kier molecular flexibility index (Phi) is 4.46. The summed E-state index contributed by atoms with van der Waals surface area (Å²) >= 11 is 0. The van der Waals surface area contributed by atoms with Gasteiger partial charge in [0, 0.05) is 26.0 Å². The first-order valence-electron chi connectivity index (χ1n) is 5.45. The predicted octanol–water partition coefficient (Wildman–Crippen LogP) is -0.178. The lowest BCUT2D eigenvalue weighted by Crippen LogP contribution is -2.51.